The average Bonchev–Trinajstić information content (AvgIpc) is 2.99. The van der Waals surface area contributed by atoms with E-state index >= 15 is 0 Å². The van der Waals surface area contributed by atoms with E-state index in [-0.39, 0.29) is 5.92 Å². The minimum absolute atomic E-state index is 0.267. The van der Waals surface area contributed by atoms with Crippen LogP contribution in [0.15, 0.2) is 52.5 Å². The predicted octanol–water partition coefficient (Wildman–Crippen LogP) is 4.18. The van der Waals surface area contributed by atoms with E-state index in [4.69, 9.17) is 4.74 Å². The zero-order valence-corrected chi connectivity index (χ0v) is 17.6. The van der Waals surface area contributed by atoms with Crippen molar-refractivity contribution in [2.24, 2.45) is 17.8 Å². The summed E-state index contributed by atoms with van der Waals surface area (Å²) in [7, 11) is -1.73. The van der Waals surface area contributed by atoms with Crippen LogP contribution >= 0.6 is 0 Å². The van der Waals surface area contributed by atoms with E-state index in [1.54, 1.807) is 23.5 Å². The number of fused-ring (bicyclic) bond motifs is 1. The fourth-order valence-corrected chi connectivity index (χ4v) is 5.61. The first kappa shape index (κ1) is 20.3. The van der Waals surface area contributed by atoms with Gasteiger partial charge in [-0.1, -0.05) is 49.3 Å². The molecule has 1 fully saturated rings. The monoisotopic (exact) mass is 389 g/mol. The quantitative estimate of drug-likeness (QED) is 0.710. The predicted molar refractivity (Wildman–Crippen MR) is 109 cm³/mol. The first-order valence-corrected chi connectivity index (χ1v) is 11.2. The smallest absolute Gasteiger partial charge is 0.243 e. The standard InChI is InChI=1S/C22H31NO3S/c1-16(2)19-8-7-18(15-26-4)11-20-13-23(14-21(20)12-19)27(24,25)22-9-5-17(3)6-10-22/h5-7,9-10,12,16,20-21H,8,11,13-15H2,1-4H3/b18-7+,19-12+/t20-,21+/m0/s1. The van der Waals surface area contributed by atoms with Crippen LogP contribution in [0.1, 0.15) is 32.3 Å². The molecule has 27 heavy (non-hydrogen) atoms. The van der Waals surface area contributed by atoms with Gasteiger partial charge in [-0.25, -0.2) is 8.42 Å². The topological polar surface area (TPSA) is 46.6 Å². The van der Waals surface area contributed by atoms with Crippen LogP contribution in [0.3, 0.4) is 0 Å². The Kier molecular flexibility index (Phi) is 6.24. The van der Waals surface area contributed by atoms with E-state index in [0.29, 0.717) is 36.4 Å². The molecule has 5 heteroatoms. The van der Waals surface area contributed by atoms with Crippen molar-refractivity contribution in [2.45, 2.75) is 38.5 Å². The molecule has 1 heterocycles. The van der Waals surface area contributed by atoms with Gasteiger partial charge < -0.3 is 4.74 Å². The molecule has 1 aliphatic carbocycles. The molecule has 4 nitrogen and oxygen atoms in total. The van der Waals surface area contributed by atoms with Crippen LogP contribution in [-0.2, 0) is 14.8 Å². The van der Waals surface area contributed by atoms with Crippen LogP contribution in [0.5, 0.6) is 0 Å². The summed E-state index contributed by atoms with van der Waals surface area (Å²) in [6.45, 7) is 8.15. The van der Waals surface area contributed by atoms with Crippen molar-refractivity contribution in [1.29, 1.82) is 0 Å². The molecule has 1 saturated heterocycles. The maximum atomic E-state index is 13.1. The number of aryl methyl sites for hydroxylation is 1. The number of allylic oxidation sites excluding steroid dienone is 2. The highest BCUT2D eigenvalue weighted by atomic mass is 32.2. The highest BCUT2D eigenvalue weighted by Crippen LogP contribution is 2.37. The van der Waals surface area contributed by atoms with Gasteiger partial charge in [-0.05, 0) is 55.2 Å². The molecular formula is C22H31NO3S. The molecule has 2 atom stereocenters. The lowest BCUT2D eigenvalue weighted by molar-refractivity contribution is 0.218. The fraction of sp³-hybridized carbons (Fsp3) is 0.545. The Morgan fingerprint density at radius 3 is 2.52 bits per heavy atom. The highest BCUT2D eigenvalue weighted by molar-refractivity contribution is 7.89. The molecule has 1 aliphatic heterocycles. The average molecular weight is 390 g/mol. The minimum atomic E-state index is -3.45. The number of benzene rings is 1. The second kappa shape index (κ2) is 8.29. The number of nitrogens with zero attached hydrogens (tertiary/aromatic N) is 1. The molecule has 0 bridgehead atoms. The van der Waals surface area contributed by atoms with Crippen molar-refractivity contribution in [3.05, 3.63) is 53.1 Å². The first-order valence-electron chi connectivity index (χ1n) is 9.75. The molecule has 2 aliphatic rings. The Bertz CT molecular complexity index is 822. The molecule has 0 spiro atoms. The van der Waals surface area contributed by atoms with Gasteiger partial charge in [-0.2, -0.15) is 4.31 Å². The lowest BCUT2D eigenvalue weighted by Gasteiger charge is -2.23. The lowest BCUT2D eigenvalue weighted by atomic mass is 9.83. The van der Waals surface area contributed by atoms with E-state index < -0.39 is 10.0 Å². The Hall–Kier alpha value is -1.43. The van der Waals surface area contributed by atoms with Crippen LogP contribution in [0.2, 0.25) is 0 Å². The molecule has 1 aromatic rings. The molecule has 0 aromatic heterocycles. The molecule has 0 saturated carbocycles. The molecular weight excluding hydrogens is 358 g/mol. The summed E-state index contributed by atoms with van der Waals surface area (Å²) >= 11 is 0. The number of hydrogen-bond acceptors (Lipinski definition) is 3. The summed E-state index contributed by atoms with van der Waals surface area (Å²) in [6, 6.07) is 7.16. The zero-order valence-electron chi connectivity index (χ0n) is 16.8. The molecule has 0 N–H and O–H groups in total. The minimum Gasteiger partial charge on any atom is -0.380 e. The van der Waals surface area contributed by atoms with Gasteiger partial charge in [0.1, 0.15) is 0 Å². The van der Waals surface area contributed by atoms with Crippen molar-refractivity contribution in [2.75, 3.05) is 26.8 Å². The first-order chi connectivity index (χ1) is 12.8. The summed E-state index contributed by atoms with van der Waals surface area (Å²) in [5, 5.41) is 0. The molecule has 148 valence electrons. The maximum absolute atomic E-state index is 13.1. The Labute approximate surface area is 164 Å². The third kappa shape index (κ3) is 4.53. The number of sulfonamides is 1. The van der Waals surface area contributed by atoms with Gasteiger partial charge in [0.25, 0.3) is 0 Å². The summed E-state index contributed by atoms with van der Waals surface area (Å²) < 4.78 is 33.4. The van der Waals surface area contributed by atoms with Crippen molar-refractivity contribution in [1.82, 2.24) is 4.31 Å². The van der Waals surface area contributed by atoms with Crippen LogP contribution < -0.4 is 0 Å². The highest BCUT2D eigenvalue weighted by Gasteiger charge is 2.39. The van der Waals surface area contributed by atoms with Gasteiger partial charge in [-0.15, -0.1) is 0 Å². The van der Waals surface area contributed by atoms with E-state index in [0.717, 1.165) is 18.4 Å². The lowest BCUT2D eigenvalue weighted by Crippen LogP contribution is -2.29. The van der Waals surface area contributed by atoms with Gasteiger partial charge in [-0.3, -0.25) is 0 Å². The van der Waals surface area contributed by atoms with Gasteiger partial charge in [0, 0.05) is 20.2 Å². The number of hydrogen-bond donors (Lipinski definition) is 0. The zero-order chi connectivity index (χ0) is 19.6. The van der Waals surface area contributed by atoms with Crippen molar-refractivity contribution in [3.63, 3.8) is 0 Å². The summed E-state index contributed by atoms with van der Waals surface area (Å²) in [4.78, 5) is 0.392. The molecule has 3 rings (SSSR count). The maximum Gasteiger partial charge on any atom is 0.243 e. The van der Waals surface area contributed by atoms with E-state index in [2.05, 4.69) is 26.0 Å². The number of rotatable bonds is 5. The third-order valence-corrected chi connectivity index (χ3v) is 7.61. The van der Waals surface area contributed by atoms with Crippen molar-refractivity contribution >= 4 is 10.0 Å². The van der Waals surface area contributed by atoms with E-state index in [9.17, 15) is 8.42 Å². The second-order valence-electron chi connectivity index (χ2n) is 8.16. The fourth-order valence-electron chi connectivity index (χ4n) is 4.07. The number of ether oxygens (including phenoxy) is 1. The summed E-state index contributed by atoms with van der Waals surface area (Å²) in [5.41, 5.74) is 3.75. The largest absolute Gasteiger partial charge is 0.380 e. The van der Waals surface area contributed by atoms with Gasteiger partial charge in [0.15, 0.2) is 0 Å². The third-order valence-electron chi connectivity index (χ3n) is 5.77. The van der Waals surface area contributed by atoms with Gasteiger partial charge in [0.05, 0.1) is 11.5 Å². The normalized spacial score (nSPS) is 28.0. The number of methoxy groups -OCH3 is 1. The van der Waals surface area contributed by atoms with Crippen LogP contribution in [-0.4, -0.2) is 39.5 Å². The second-order valence-corrected chi connectivity index (χ2v) is 10.1. The Morgan fingerprint density at radius 2 is 1.89 bits per heavy atom. The van der Waals surface area contributed by atoms with Crippen LogP contribution in [0.25, 0.3) is 0 Å². The van der Waals surface area contributed by atoms with Crippen LogP contribution in [0, 0.1) is 24.7 Å². The molecule has 0 amide bonds. The van der Waals surface area contributed by atoms with E-state index in [1.807, 2.05) is 19.1 Å². The Morgan fingerprint density at radius 1 is 1.19 bits per heavy atom. The summed E-state index contributed by atoms with van der Waals surface area (Å²) in [5.74, 6) is 1.04. The molecule has 0 radical (unpaired) electrons. The Balaban J connectivity index is 1.88. The van der Waals surface area contributed by atoms with Gasteiger partial charge >= 0.3 is 0 Å². The SMILES string of the molecule is COC/C1=C/C/C(C(C)C)=C\[C@@H]2CN(S(=O)(=O)c3ccc(C)cc3)C[C@@H]2C1. The molecule has 0 unspecified atom stereocenters. The van der Waals surface area contributed by atoms with E-state index in [1.165, 1.54) is 11.1 Å². The van der Waals surface area contributed by atoms with Gasteiger partial charge in [0.2, 0.25) is 10.0 Å². The van der Waals surface area contributed by atoms with Crippen molar-refractivity contribution in [3.8, 4) is 0 Å². The van der Waals surface area contributed by atoms with Crippen LogP contribution in [0.4, 0.5) is 0 Å². The van der Waals surface area contributed by atoms with Crippen molar-refractivity contribution < 1.29 is 13.2 Å². The summed E-state index contributed by atoms with van der Waals surface area (Å²) in [6.07, 6.45) is 6.47. The molecule has 1 aromatic carbocycles.